The normalized spacial score (nSPS) is 18.1. The van der Waals surface area contributed by atoms with Crippen molar-refractivity contribution in [2.45, 2.75) is 52.0 Å². The smallest absolute Gasteiger partial charge is 0.350 e. The number of aryl methyl sites for hydroxylation is 2. The van der Waals surface area contributed by atoms with E-state index in [1.807, 2.05) is 44.5 Å². The first-order valence-electron chi connectivity index (χ1n) is 11.9. The fourth-order valence-electron chi connectivity index (χ4n) is 4.28. The molecular formula is C25H29F4N7O. The van der Waals surface area contributed by atoms with E-state index >= 15 is 0 Å². The van der Waals surface area contributed by atoms with Gasteiger partial charge in [0.1, 0.15) is 6.17 Å². The summed E-state index contributed by atoms with van der Waals surface area (Å²) >= 11 is 0. The van der Waals surface area contributed by atoms with Crippen LogP contribution >= 0.6 is 0 Å². The highest BCUT2D eigenvalue weighted by Crippen LogP contribution is 2.30. The van der Waals surface area contributed by atoms with Crippen LogP contribution in [0.4, 0.5) is 35.1 Å². The maximum Gasteiger partial charge on any atom is 0.419 e. The maximum atomic E-state index is 14.7. The molecule has 198 valence electrons. The zero-order chi connectivity index (χ0) is 26.9. The van der Waals surface area contributed by atoms with E-state index in [0.29, 0.717) is 36.1 Å². The number of aromatic nitrogens is 4. The molecule has 0 bridgehead atoms. The van der Waals surface area contributed by atoms with Crippen LogP contribution in [0.3, 0.4) is 0 Å². The number of amides is 1. The molecule has 2 aromatic heterocycles. The Morgan fingerprint density at radius 2 is 1.89 bits per heavy atom. The lowest BCUT2D eigenvalue weighted by atomic mass is 10.0. The van der Waals surface area contributed by atoms with Crippen molar-refractivity contribution in [1.82, 2.24) is 19.5 Å². The molecule has 0 spiro atoms. The molecule has 3 heterocycles. The number of fused-ring (bicyclic) bond motifs is 1. The van der Waals surface area contributed by atoms with Crippen molar-refractivity contribution in [1.29, 1.82) is 0 Å². The molecule has 0 unspecified atom stereocenters. The number of piperidine rings is 1. The van der Waals surface area contributed by atoms with Gasteiger partial charge in [-0.2, -0.15) is 13.2 Å². The SMILES string of the molecule is CC(C)=CCC(=O)Nc1cc2nc(N3C[C@H](F)C[C@@H](Nc4ncc(C(F)(F)F)cn4)C3)n(C)c2cc1C. The lowest BCUT2D eigenvalue weighted by Gasteiger charge is -2.35. The van der Waals surface area contributed by atoms with Gasteiger partial charge in [-0.3, -0.25) is 4.79 Å². The van der Waals surface area contributed by atoms with Crippen LogP contribution in [0, 0.1) is 6.92 Å². The van der Waals surface area contributed by atoms with E-state index in [0.717, 1.165) is 16.7 Å². The number of allylic oxidation sites excluding steroid dienone is 1. The summed E-state index contributed by atoms with van der Waals surface area (Å²) in [5, 5.41) is 5.86. The number of halogens is 4. The fourth-order valence-corrected chi connectivity index (χ4v) is 4.28. The Labute approximate surface area is 211 Å². The first kappa shape index (κ1) is 26.4. The highest BCUT2D eigenvalue weighted by molar-refractivity contribution is 5.95. The molecular weight excluding hydrogens is 490 g/mol. The number of benzene rings is 1. The average molecular weight is 520 g/mol. The summed E-state index contributed by atoms with van der Waals surface area (Å²) in [6.45, 7) is 6.23. The van der Waals surface area contributed by atoms with Crippen molar-refractivity contribution in [2.75, 3.05) is 28.6 Å². The van der Waals surface area contributed by atoms with Gasteiger partial charge in [0.25, 0.3) is 0 Å². The second kappa shape index (κ2) is 10.3. The molecule has 4 rings (SSSR count). The van der Waals surface area contributed by atoms with Gasteiger partial charge in [0.05, 0.1) is 23.1 Å². The van der Waals surface area contributed by atoms with Crippen LogP contribution in [0.2, 0.25) is 0 Å². The zero-order valence-electron chi connectivity index (χ0n) is 21.0. The third-order valence-electron chi connectivity index (χ3n) is 6.17. The number of hydrogen-bond donors (Lipinski definition) is 2. The molecule has 1 fully saturated rings. The average Bonchev–Trinajstić information content (AvgIpc) is 3.12. The van der Waals surface area contributed by atoms with Gasteiger partial charge in [0.2, 0.25) is 17.8 Å². The van der Waals surface area contributed by atoms with Crippen molar-refractivity contribution >= 4 is 34.5 Å². The first-order chi connectivity index (χ1) is 17.4. The van der Waals surface area contributed by atoms with Crippen molar-refractivity contribution in [2.24, 2.45) is 7.05 Å². The van der Waals surface area contributed by atoms with Crippen LogP contribution in [0.25, 0.3) is 11.0 Å². The summed E-state index contributed by atoms with van der Waals surface area (Å²) in [7, 11) is 1.83. The van der Waals surface area contributed by atoms with Crippen molar-refractivity contribution in [3.63, 3.8) is 0 Å². The highest BCUT2D eigenvalue weighted by atomic mass is 19.4. The van der Waals surface area contributed by atoms with Gasteiger partial charge in [-0.15, -0.1) is 0 Å². The van der Waals surface area contributed by atoms with Gasteiger partial charge < -0.3 is 20.1 Å². The second-order valence-electron chi connectivity index (χ2n) is 9.53. The van der Waals surface area contributed by atoms with E-state index in [-0.39, 0.29) is 31.2 Å². The summed E-state index contributed by atoms with van der Waals surface area (Å²) < 4.78 is 54.9. The van der Waals surface area contributed by atoms with E-state index < -0.39 is 24.0 Å². The molecule has 0 aliphatic carbocycles. The number of carbonyl (C=O) groups excluding carboxylic acids is 1. The molecule has 3 aromatic rings. The van der Waals surface area contributed by atoms with E-state index in [9.17, 15) is 22.4 Å². The largest absolute Gasteiger partial charge is 0.419 e. The zero-order valence-corrected chi connectivity index (χ0v) is 21.0. The molecule has 1 aliphatic rings. The molecule has 2 N–H and O–H groups in total. The summed E-state index contributed by atoms with van der Waals surface area (Å²) in [5.74, 6) is 0.418. The van der Waals surface area contributed by atoms with E-state index in [1.165, 1.54) is 0 Å². The lowest BCUT2D eigenvalue weighted by molar-refractivity contribution is -0.138. The number of rotatable bonds is 6. The Bertz CT molecular complexity index is 1310. The predicted octanol–water partition coefficient (Wildman–Crippen LogP) is 5.01. The van der Waals surface area contributed by atoms with E-state index in [2.05, 4.69) is 20.6 Å². The van der Waals surface area contributed by atoms with Crippen molar-refractivity contribution in [3.8, 4) is 0 Å². The fraction of sp³-hybridized carbons (Fsp3) is 0.440. The number of carbonyl (C=O) groups is 1. The van der Waals surface area contributed by atoms with Crippen molar-refractivity contribution in [3.05, 3.63) is 47.3 Å². The predicted molar refractivity (Wildman–Crippen MR) is 134 cm³/mol. The number of nitrogens with one attached hydrogen (secondary N) is 2. The Morgan fingerprint density at radius 3 is 2.54 bits per heavy atom. The number of alkyl halides is 4. The lowest BCUT2D eigenvalue weighted by Crippen LogP contribution is -2.48. The first-order valence-corrected chi connectivity index (χ1v) is 11.9. The minimum Gasteiger partial charge on any atom is -0.350 e. The molecule has 12 heteroatoms. The van der Waals surface area contributed by atoms with Gasteiger partial charge in [0, 0.05) is 50.6 Å². The second-order valence-corrected chi connectivity index (χ2v) is 9.53. The summed E-state index contributed by atoms with van der Waals surface area (Å²) in [5.41, 5.74) is 3.11. The molecule has 8 nitrogen and oxygen atoms in total. The maximum absolute atomic E-state index is 14.7. The van der Waals surface area contributed by atoms with Crippen LogP contribution in [-0.2, 0) is 18.0 Å². The summed E-state index contributed by atoms with van der Waals surface area (Å²) in [4.78, 5) is 26.3. The number of hydrogen-bond acceptors (Lipinski definition) is 6. The molecule has 1 aromatic carbocycles. The monoisotopic (exact) mass is 519 g/mol. The van der Waals surface area contributed by atoms with Gasteiger partial charge in [0.15, 0.2) is 0 Å². The Kier molecular flexibility index (Phi) is 7.37. The molecule has 0 saturated carbocycles. The molecule has 1 amide bonds. The standard InChI is InChI=1S/C25H29F4N7O/c1-14(2)5-6-22(37)33-19-9-20-21(7-15(19)3)35(4)24(34-20)36-12-17(26)8-18(13-36)32-23-30-10-16(11-31-23)25(27,28)29/h5,7,9-11,17-18H,6,8,12-13H2,1-4H3,(H,33,37)(H,30,31,32)/t17-,18-/m1/s1. The third-order valence-corrected chi connectivity index (χ3v) is 6.17. The number of anilines is 3. The molecule has 1 saturated heterocycles. The summed E-state index contributed by atoms with van der Waals surface area (Å²) in [6.07, 6.45) is -2.03. The van der Waals surface area contributed by atoms with Crippen LogP contribution in [0.5, 0.6) is 0 Å². The van der Waals surface area contributed by atoms with Crippen molar-refractivity contribution < 1.29 is 22.4 Å². The summed E-state index contributed by atoms with van der Waals surface area (Å²) in [6, 6.07) is 3.29. The Morgan fingerprint density at radius 1 is 1.19 bits per heavy atom. The van der Waals surface area contributed by atoms with Gasteiger partial charge in [-0.05, 0) is 38.5 Å². The molecule has 1 aliphatic heterocycles. The third kappa shape index (κ3) is 6.17. The van der Waals surface area contributed by atoms with Gasteiger partial charge in [-0.1, -0.05) is 11.6 Å². The van der Waals surface area contributed by atoms with Crippen LogP contribution in [-0.4, -0.2) is 50.7 Å². The minimum absolute atomic E-state index is 0.00108. The molecule has 2 atom stereocenters. The van der Waals surface area contributed by atoms with Crippen LogP contribution in [0.1, 0.15) is 37.8 Å². The van der Waals surface area contributed by atoms with E-state index in [1.54, 1.807) is 11.0 Å². The highest BCUT2D eigenvalue weighted by Gasteiger charge is 2.33. The number of nitrogens with zero attached hydrogens (tertiary/aromatic N) is 5. The van der Waals surface area contributed by atoms with Gasteiger partial charge in [-0.25, -0.2) is 19.3 Å². The Hall–Kier alpha value is -3.70. The number of imidazole rings is 1. The Balaban J connectivity index is 1.53. The van der Waals surface area contributed by atoms with Gasteiger partial charge >= 0.3 is 6.18 Å². The van der Waals surface area contributed by atoms with Crippen LogP contribution in [0.15, 0.2) is 36.2 Å². The minimum atomic E-state index is -4.53. The van der Waals surface area contributed by atoms with Crippen LogP contribution < -0.4 is 15.5 Å². The molecule has 37 heavy (non-hydrogen) atoms. The molecule has 0 radical (unpaired) electrons. The topological polar surface area (TPSA) is 88.0 Å². The van der Waals surface area contributed by atoms with E-state index in [4.69, 9.17) is 4.98 Å². The quantitative estimate of drug-likeness (QED) is 0.352.